The highest BCUT2D eigenvalue weighted by Crippen LogP contribution is 2.26. The number of hydrogen-bond acceptors (Lipinski definition) is 7. The van der Waals surface area contributed by atoms with Gasteiger partial charge in [-0.3, -0.25) is 0 Å². The zero-order chi connectivity index (χ0) is 21.8. The number of aromatic nitrogens is 1. The summed E-state index contributed by atoms with van der Waals surface area (Å²) in [6, 6.07) is 16.1. The number of sulfone groups is 2. The van der Waals surface area contributed by atoms with Crippen molar-refractivity contribution < 1.29 is 21.6 Å². The summed E-state index contributed by atoms with van der Waals surface area (Å²) in [6.07, 6.45) is 2.38. The largest absolute Gasteiger partial charge is 0.497 e. The second kappa shape index (κ2) is 9.07. The van der Waals surface area contributed by atoms with Gasteiger partial charge in [-0.1, -0.05) is 18.2 Å². The molecule has 0 saturated carbocycles. The Hall–Kier alpha value is -2.56. The summed E-state index contributed by atoms with van der Waals surface area (Å²) in [5, 5.41) is 0. The fraction of sp³-hybridized carbons (Fsp3) is 0.100. The quantitative estimate of drug-likeness (QED) is 0.449. The predicted octanol–water partition coefficient (Wildman–Crippen LogP) is 3.83. The van der Waals surface area contributed by atoms with Crippen LogP contribution >= 0.6 is 15.9 Å². The van der Waals surface area contributed by atoms with Crippen molar-refractivity contribution >= 4 is 47.6 Å². The van der Waals surface area contributed by atoms with Crippen molar-refractivity contribution in [3.63, 3.8) is 0 Å². The predicted molar refractivity (Wildman–Crippen MR) is 118 cm³/mol. The van der Waals surface area contributed by atoms with Crippen molar-refractivity contribution in [1.82, 2.24) is 4.98 Å². The van der Waals surface area contributed by atoms with Crippen LogP contribution in [0.15, 0.2) is 92.2 Å². The Bertz CT molecular complexity index is 1240. The third-order valence-corrected chi connectivity index (χ3v) is 9.43. The first-order valence-corrected chi connectivity index (χ1v) is 12.5. The lowest BCUT2D eigenvalue weighted by atomic mass is 10.3. The molecule has 30 heavy (non-hydrogen) atoms. The topological polar surface area (TPSA) is 103 Å². The van der Waals surface area contributed by atoms with Gasteiger partial charge in [0.2, 0.25) is 24.3 Å². The summed E-state index contributed by atoms with van der Waals surface area (Å²) in [7, 11) is -7.20. The van der Waals surface area contributed by atoms with Gasteiger partial charge >= 0.3 is 0 Å². The van der Waals surface area contributed by atoms with Crippen LogP contribution in [0.3, 0.4) is 0 Å². The minimum absolute atomic E-state index is 0.123. The maximum Gasteiger partial charge on any atom is 0.206 e. The molecule has 3 aromatic rings. The Morgan fingerprint density at radius 1 is 0.900 bits per heavy atom. The molecule has 0 aliphatic rings. The molecule has 2 aromatic carbocycles. The molecule has 0 aliphatic heterocycles. The van der Waals surface area contributed by atoms with Gasteiger partial charge < -0.3 is 4.74 Å². The lowest BCUT2D eigenvalue weighted by Gasteiger charge is -2.15. The number of nitrogens with zero attached hydrogens (tertiary/aromatic N) is 2. The highest BCUT2D eigenvalue weighted by Gasteiger charge is 2.39. The van der Waals surface area contributed by atoms with Gasteiger partial charge in [-0.2, -0.15) is 0 Å². The van der Waals surface area contributed by atoms with Gasteiger partial charge in [0.05, 0.1) is 16.9 Å². The molecule has 0 N–H and O–H groups in total. The second-order valence-corrected chi connectivity index (χ2v) is 11.4. The van der Waals surface area contributed by atoms with Gasteiger partial charge in [0, 0.05) is 16.9 Å². The molecule has 0 fully saturated rings. The van der Waals surface area contributed by atoms with Gasteiger partial charge in [0.15, 0.2) is 5.82 Å². The van der Waals surface area contributed by atoms with Crippen LogP contribution in [-0.2, 0) is 19.7 Å². The number of methoxy groups -OCH3 is 1. The number of pyridine rings is 1. The Morgan fingerprint density at radius 3 is 2.03 bits per heavy atom. The van der Waals surface area contributed by atoms with E-state index < -0.39 is 24.3 Å². The molecule has 1 atom stereocenters. The van der Waals surface area contributed by atoms with Crippen molar-refractivity contribution in [3.05, 3.63) is 77.4 Å². The van der Waals surface area contributed by atoms with E-state index in [1.54, 1.807) is 12.1 Å². The first kappa shape index (κ1) is 22.1. The molecule has 1 heterocycles. The normalized spacial score (nSPS) is 13.3. The van der Waals surface area contributed by atoms with Gasteiger partial charge in [0.25, 0.3) is 0 Å². The molecule has 1 aromatic heterocycles. The van der Waals surface area contributed by atoms with Crippen LogP contribution in [0.25, 0.3) is 0 Å². The lowest BCUT2D eigenvalue weighted by molar-refractivity contribution is 0.414. The smallest absolute Gasteiger partial charge is 0.206 e. The molecule has 156 valence electrons. The van der Waals surface area contributed by atoms with Gasteiger partial charge in [-0.15, -0.1) is 0 Å². The van der Waals surface area contributed by atoms with Gasteiger partial charge in [-0.25, -0.2) is 26.8 Å². The van der Waals surface area contributed by atoms with E-state index in [9.17, 15) is 16.8 Å². The molecule has 7 nitrogen and oxygen atoms in total. The number of hydrogen-bond donors (Lipinski definition) is 0. The van der Waals surface area contributed by atoms with Crippen LogP contribution < -0.4 is 4.74 Å². The highest BCUT2D eigenvalue weighted by atomic mass is 79.9. The molecular formula is C20H17BrN2O5S2. The van der Waals surface area contributed by atoms with Crippen LogP contribution in [0.4, 0.5) is 5.82 Å². The fourth-order valence-corrected chi connectivity index (χ4v) is 6.82. The number of ether oxygens (including phenoxy) is 1. The van der Waals surface area contributed by atoms with Crippen LogP contribution in [0.5, 0.6) is 5.75 Å². The van der Waals surface area contributed by atoms with Crippen molar-refractivity contribution in [2.24, 2.45) is 4.99 Å². The standard InChI is InChI=1S/C20H17BrN2O5S2/c1-28-16-8-10-18(11-9-16)30(26,27)20(14-23-19-12-7-15(21)13-22-19)29(24,25)17-5-3-2-4-6-17/h2-14,20H,1H3. The van der Waals surface area contributed by atoms with Crippen LogP contribution in [-0.4, -0.2) is 39.7 Å². The van der Waals surface area contributed by atoms with E-state index in [1.165, 1.54) is 67.9 Å². The average molecular weight is 509 g/mol. The lowest BCUT2D eigenvalue weighted by Crippen LogP contribution is -2.32. The van der Waals surface area contributed by atoms with Gasteiger partial charge in [-0.05, 0) is 64.5 Å². The zero-order valence-corrected chi connectivity index (χ0v) is 18.9. The van der Waals surface area contributed by atoms with E-state index in [1.807, 2.05) is 0 Å². The summed E-state index contributed by atoms with van der Waals surface area (Å²) in [6.45, 7) is 0. The summed E-state index contributed by atoms with van der Waals surface area (Å²) < 4.78 is 56.8. The Balaban J connectivity index is 2.12. The molecule has 0 spiro atoms. The van der Waals surface area contributed by atoms with Crippen LogP contribution in [0.2, 0.25) is 0 Å². The Kier molecular flexibility index (Phi) is 6.69. The summed E-state index contributed by atoms with van der Waals surface area (Å²) in [4.78, 5) is 7.77. The maximum atomic E-state index is 13.3. The molecular weight excluding hydrogens is 492 g/mol. The van der Waals surface area contributed by atoms with E-state index in [2.05, 4.69) is 25.9 Å². The van der Waals surface area contributed by atoms with Crippen molar-refractivity contribution in [3.8, 4) is 5.75 Å². The molecule has 0 radical (unpaired) electrons. The van der Waals surface area contributed by atoms with Gasteiger partial charge in [0.1, 0.15) is 5.75 Å². The fourth-order valence-electron chi connectivity index (χ4n) is 2.55. The zero-order valence-electron chi connectivity index (χ0n) is 15.7. The van der Waals surface area contributed by atoms with E-state index in [0.29, 0.717) is 10.2 Å². The van der Waals surface area contributed by atoms with E-state index in [4.69, 9.17) is 4.74 Å². The van der Waals surface area contributed by atoms with E-state index in [0.717, 1.165) is 6.21 Å². The van der Waals surface area contributed by atoms with Crippen LogP contribution in [0, 0.1) is 0 Å². The van der Waals surface area contributed by atoms with Crippen molar-refractivity contribution in [1.29, 1.82) is 0 Å². The minimum atomic E-state index is -4.34. The molecule has 10 heteroatoms. The molecule has 0 aliphatic carbocycles. The highest BCUT2D eigenvalue weighted by molar-refractivity contribution is 9.10. The summed E-state index contributed by atoms with van der Waals surface area (Å²) in [5.41, 5.74) is 0. The number of halogens is 1. The molecule has 0 bridgehead atoms. The minimum Gasteiger partial charge on any atom is -0.497 e. The second-order valence-electron chi connectivity index (χ2n) is 6.06. The Morgan fingerprint density at radius 2 is 1.50 bits per heavy atom. The monoisotopic (exact) mass is 508 g/mol. The Labute approximate surface area is 183 Å². The molecule has 3 rings (SSSR count). The van der Waals surface area contributed by atoms with Crippen LogP contribution in [0.1, 0.15) is 0 Å². The molecule has 1 unspecified atom stereocenters. The van der Waals surface area contributed by atoms with E-state index in [-0.39, 0.29) is 15.6 Å². The first-order chi connectivity index (χ1) is 14.2. The first-order valence-electron chi connectivity index (χ1n) is 8.58. The number of rotatable bonds is 7. The molecule has 0 saturated heterocycles. The van der Waals surface area contributed by atoms with Crippen molar-refractivity contribution in [2.75, 3.05) is 7.11 Å². The number of aliphatic imine (C=N–C) groups is 1. The summed E-state index contributed by atoms with van der Waals surface area (Å²) >= 11 is 3.25. The molecule has 0 amide bonds. The maximum absolute atomic E-state index is 13.3. The SMILES string of the molecule is COc1ccc(S(=O)(=O)C(C=Nc2ccc(Br)cn2)S(=O)(=O)c2ccccc2)cc1. The number of benzene rings is 2. The van der Waals surface area contributed by atoms with Crippen molar-refractivity contribution in [2.45, 2.75) is 14.4 Å². The van der Waals surface area contributed by atoms with E-state index >= 15 is 0 Å². The summed E-state index contributed by atoms with van der Waals surface area (Å²) in [5.74, 6) is 0.625. The third kappa shape index (κ3) is 4.77. The average Bonchev–Trinajstić information content (AvgIpc) is 2.75. The third-order valence-electron chi connectivity index (χ3n) is 4.11.